The van der Waals surface area contributed by atoms with E-state index in [1.54, 1.807) is 0 Å². The van der Waals surface area contributed by atoms with Gasteiger partial charge in [0, 0.05) is 16.7 Å². The third-order valence-electron chi connectivity index (χ3n) is 5.24. The molecule has 5 aromatic rings. The molecule has 2 heterocycles. The number of hydrogen-bond acceptors (Lipinski definition) is 3. The quantitative estimate of drug-likeness (QED) is 0.343. The number of pyridine rings is 1. The van der Waals surface area contributed by atoms with E-state index in [9.17, 15) is 4.79 Å². The van der Waals surface area contributed by atoms with Crippen molar-refractivity contribution >= 4 is 39.9 Å². The Morgan fingerprint density at radius 3 is 2.55 bits per heavy atom. The van der Waals surface area contributed by atoms with Gasteiger partial charge in [0.25, 0.3) is 0 Å². The largest absolute Gasteiger partial charge is 0.309 e. The molecule has 5 heteroatoms. The van der Waals surface area contributed by atoms with E-state index < -0.39 is 0 Å². The van der Waals surface area contributed by atoms with Crippen LogP contribution in [0.1, 0.15) is 5.56 Å². The van der Waals surface area contributed by atoms with Gasteiger partial charge < -0.3 is 5.32 Å². The third kappa shape index (κ3) is 3.92. The number of nitrogens with one attached hydrogen (secondary N) is 1. The van der Waals surface area contributed by atoms with Crippen LogP contribution in [0.15, 0.2) is 96.0 Å². The van der Waals surface area contributed by atoms with Gasteiger partial charge in [0.1, 0.15) is 17.2 Å². The van der Waals surface area contributed by atoms with Gasteiger partial charge in [0.2, 0.25) is 5.91 Å². The average molecular weight is 424 g/mol. The Bertz CT molecular complexity index is 1390. The lowest BCUT2D eigenvalue weighted by Gasteiger charge is -2.09. The minimum atomic E-state index is -0.0568. The number of carbonyl (C=O) groups is 1. The van der Waals surface area contributed by atoms with Crippen LogP contribution in [-0.4, -0.2) is 21.0 Å². The maximum atomic E-state index is 12.9. The Kier molecular flexibility index (Phi) is 5.18. The Labute approximate surface area is 184 Å². The van der Waals surface area contributed by atoms with Gasteiger partial charge in [-0.15, -0.1) is 11.8 Å². The van der Waals surface area contributed by atoms with Crippen LogP contribution < -0.4 is 5.32 Å². The molecule has 0 unspecified atom stereocenters. The minimum absolute atomic E-state index is 0.0568. The van der Waals surface area contributed by atoms with Gasteiger partial charge in [-0.25, -0.2) is 4.98 Å². The maximum absolute atomic E-state index is 12.9. The number of anilines is 1. The van der Waals surface area contributed by atoms with Crippen molar-refractivity contribution in [1.82, 2.24) is 9.38 Å². The minimum Gasteiger partial charge on any atom is -0.309 e. The molecule has 4 nitrogen and oxygen atoms in total. The summed E-state index contributed by atoms with van der Waals surface area (Å²) in [5.41, 5.74) is 3.66. The van der Waals surface area contributed by atoms with Gasteiger partial charge >= 0.3 is 0 Å². The highest BCUT2D eigenvalue weighted by atomic mass is 32.2. The number of nitrogens with zero attached hydrogens (tertiary/aromatic N) is 2. The molecule has 0 saturated heterocycles. The molecule has 0 atom stereocenters. The summed E-state index contributed by atoms with van der Waals surface area (Å²) in [6, 6.07) is 28.5. The predicted octanol–water partition coefficient (Wildman–Crippen LogP) is 6.19. The first-order valence-electron chi connectivity index (χ1n) is 10.1. The highest BCUT2D eigenvalue weighted by molar-refractivity contribution is 8.00. The smallest absolute Gasteiger partial charge is 0.235 e. The summed E-state index contributed by atoms with van der Waals surface area (Å²) in [4.78, 5) is 18.8. The first kappa shape index (κ1) is 19.4. The van der Waals surface area contributed by atoms with Crippen molar-refractivity contribution in [2.24, 2.45) is 0 Å². The fraction of sp³-hybridized carbons (Fsp3) is 0.0769. The molecule has 0 radical (unpaired) electrons. The number of hydrogen-bond donors (Lipinski definition) is 1. The number of carbonyl (C=O) groups excluding carboxylic acids is 1. The molecule has 0 fully saturated rings. The second-order valence-electron chi connectivity index (χ2n) is 7.41. The summed E-state index contributed by atoms with van der Waals surface area (Å²) in [6.45, 7) is 2.03. The van der Waals surface area contributed by atoms with Crippen molar-refractivity contribution in [2.45, 2.75) is 11.8 Å². The fourth-order valence-corrected chi connectivity index (χ4v) is 4.44. The van der Waals surface area contributed by atoms with E-state index in [4.69, 9.17) is 4.98 Å². The molecule has 3 aromatic carbocycles. The molecule has 152 valence electrons. The van der Waals surface area contributed by atoms with E-state index in [0.717, 1.165) is 27.4 Å². The molecule has 1 N–H and O–H groups in total. The molecule has 2 aromatic heterocycles. The molecular weight excluding hydrogens is 402 g/mol. The lowest BCUT2D eigenvalue weighted by molar-refractivity contribution is -0.113. The Balaban J connectivity index is 1.41. The van der Waals surface area contributed by atoms with Crippen molar-refractivity contribution in [3.63, 3.8) is 0 Å². The number of thioether (sulfide) groups is 1. The zero-order valence-electron chi connectivity index (χ0n) is 17.1. The monoisotopic (exact) mass is 423 g/mol. The summed E-state index contributed by atoms with van der Waals surface area (Å²) in [7, 11) is 0. The Morgan fingerprint density at radius 1 is 0.935 bits per heavy atom. The summed E-state index contributed by atoms with van der Waals surface area (Å²) in [6.07, 6.45) is 1.94. The van der Waals surface area contributed by atoms with Gasteiger partial charge in [0.05, 0.1) is 5.75 Å². The van der Waals surface area contributed by atoms with Crippen molar-refractivity contribution in [3.05, 3.63) is 96.7 Å². The molecule has 5 rings (SSSR count). The van der Waals surface area contributed by atoms with Gasteiger partial charge in [0.15, 0.2) is 0 Å². The highest BCUT2D eigenvalue weighted by Crippen LogP contribution is 2.30. The molecule has 31 heavy (non-hydrogen) atoms. The first-order valence-corrected chi connectivity index (χ1v) is 11.1. The van der Waals surface area contributed by atoms with Gasteiger partial charge in [-0.3, -0.25) is 9.20 Å². The van der Waals surface area contributed by atoms with Crippen LogP contribution in [0.25, 0.3) is 27.7 Å². The Hall–Kier alpha value is -3.57. The summed E-state index contributed by atoms with van der Waals surface area (Å²) in [5.74, 6) is 0.971. The van der Waals surface area contributed by atoms with Crippen LogP contribution >= 0.6 is 11.8 Å². The van der Waals surface area contributed by atoms with E-state index in [2.05, 4.69) is 35.6 Å². The highest BCUT2D eigenvalue weighted by Gasteiger charge is 2.17. The standard InChI is InChI=1S/C26H21N3OS/c1-18-8-7-15-29-25(18)28-24(20-10-3-2-4-11-20)26(29)27-23(30)17-31-22-14-13-19-9-5-6-12-21(19)16-22/h2-16H,17H2,1H3,(H,27,30). The lowest BCUT2D eigenvalue weighted by atomic mass is 10.1. The number of aryl methyl sites for hydroxylation is 1. The molecule has 0 aliphatic rings. The maximum Gasteiger partial charge on any atom is 0.235 e. The van der Waals surface area contributed by atoms with Crippen LogP contribution in [0.5, 0.6) is 0 Å². The molecule has 0 aliphatic heterocycles. The number of amides is 1. The normalized spacial score (nSPS) is 11.1. The topological polar surface area (TPSA) is 46.4 Å². The van der Waals surface area contributed by atoms with Crippen LogP contribution in [-0.2, 0) is 4.79 Å². The summed E-state index contributed by atoms with van der Waals surface area (Å²) in [5, 5.41) is 5.48. The zero-order chi connectivity index (χ0) is 21.2. The number of fused-ring (bicyclic) bond motifs is 2. The lowest BCUT2D eigenvalue weighted by Crippen LogP contribution is -2.16. The predicted molar refractivity (Wildman–Crippen MR) is 129 cm³/mol. The second-order valence-corrected chi connectivity index (χ2v) is 8.45. The van der Waals surface area contributed by atoms with Crippen molar-refractivity contribution < 1.29 is 4.79 Å². The second kappa shape index (κ2) is 8.28. The first-order chi connectivity index (χ1) is 15.2. The molecule has 0 spiro atoms. The van der Waals surface area contributed by atoms with Crippen molar-refractivity contribution in [3.8, 4) is 11.3 Å². The number of imidazole rings is 1. The van der Waals surface area contributed by atoms with Crippen LogP contribution in [0.4, 0.5) is 5.82 Å². The summed E-state index contributed by atoms with van der Waals surface area (Å²) < 4.78 is 1.95. The fourth-order valence-electron chi connectivity index (χ4n) is 3.69. The molecular formula is C26H21N3OS. The van der Waals surface area contributed by atoms with Crippen LogP contribution in [0.2, 0.25) is 0 Å². The van der Waals surface area contributed by atoms with E-state index in [0.29, 0.717) is 11.6 Å². The number of aromatic nitrogens is 2. The van der Waals surface area contributed by atoms with E-state index in [1.807, 2.05) is 72.1 Å². The third-order valence-corrected chi connectivity index (χ3v) is 6.23. The van der Waals surface area contributed by atoms with E-state index in [-0.39, 0.29) is 5.91 Å². The van der Waals surface area contributed by atoms with Crippen molar-refractivity contribution in [1.29, 1.82) is 0 Å². The summed E-state index contributed by atoms with van der Waals surface area (Å²) >= 11 is 1.53. The zero-order valence-corrected chi connectivity index (χ0v) is 17.9. The van der Waals surface area contributed by atoms with Gasteiger partial charge in [-0.2, -0.15) is 0 Å². The van der Waals surface area contributed by atoms with Gasteiger partial charge in [-0.1, -0.05) is 66.7 Å². The van der Waals surface area contributed by atoms with Crippen molar-refractivity contribution in [2.75, 3.05) is 11.1 Å². The molecule has 0 saturated carbocycles. The average Bonchev–Trinajstić information content (AvgIpc) is 3.18. The number of benzene rings is 3. The SMILES string of the molecule is Cc1cccn2c(NC(=O)CSc3ccc4ccccc4c3)c(-c3ccccc3)nc12. The Morgan fingerprint density at radius 2 is 1.71 bits per heavy atom. The van der Waals surface area contributed by atoms with E-state index >= 15 is 0 Å². The van der Waals surface area contributed by atoms with E-state index in [1.165, 1.54) is 22.5 Å². The molecule has 1 amide bonds. The number of rotatable bonds is 5. The van der Waals surface area contributed by atoms with Gasteiger partial charge in [-0.05, 0) is 41.5 Å². The molecule has 0 bridgehead atoms. The molecule has 0 aliphatic carbocycles. The van der Waals surface area contributed by atoms with Crippen LogP contribution in [0, 0.1) is 6.92 Å². The van der Waals surface area contributed by atoms with Crippen LogP contribution in [0.3, 0.4) is 0 Å².